The number of carbonyl (C=O) groups is 2. The molecule has 110 valence electrons. The molecule has 0 N–H and O–H groups in total. The second-order valence-corrected chi connectivity index (χ2v) is 7.38. The molecule has 19 heavy (non-hydrogen) atoms. The van der Waals surface area contributed by atoms with E-state index in [1.165, 1.54) is 12.0 Å². The van der Waals surface area contributed by atoms with Crippen LogP contribution in [0.2, 0.25) is 0 Å². The Labute approximate surface area is 114 Å². The van der Waals surface area contributed by atoms with Crippen LogP contribution in [0.3, 0.4) is 0 Å². The zero-order valence-electron chi connectivity index (χ0n) is 11.8. The van der Waals surface area contributed by atoms with Gasteiger partial charge < -0.3 is 9.64 Å². The van der Waals surface area contributed by atoms with Crippen LogP contribution in [0.5, 0.6) is 0 Å². The maximum atomic E-state index is 12.2. The minimum absolute atomic E-state index is 0.0629. The summed E-state index contributed by atoms with van der Waals surface area (Å²) < 4.78 is 27.7. The predicted octanol–water partition coefficient (Wildman–Crippen LogP) is 0.220. The van der Waals surface area contributed by atoms with Crippen LogP contribution in [0.25, 0.3) is 0 Å². The van der Waals surface area contributed by atoms with Crippen molar-refractivity contribution in [2.75, 3.05) is 18.6 Å². The second-order valence-electron chi connectivity index (χ2n) is 5.16. The van der Waals surface area contributed by atoms with Crippen molar-refractivity contribution in [3.05, 3.63) is 0 Å². The van der Waals surface area contributed by atoms with Gasteiger partial charge in [0.15, 0.2) is 9.84 Å². The van der Waals surface area contributed by atoms with E-state index in [9.17, 15) is 18.0 Å². The molecule has 1 amide bonds. The third-order valence-corrected chi connectivity index (χ3v) is 5.06. The molecule has 1 rings (SSSR count). The van der Waals surface area contributed by atoms with Crippen LogP contribution in [-0.2, 0) is 24.2 Å². The van der Waals surface area contributed by atoms with Gasteiger partial charge >= 0.3 is 5.97 Å². The molecule has 0 aromatic carbocycles. The maximum Gasteiger partial charge on any atom is 0.328 e. The van der Waals surface area contributed by atoms with Gasteiger partial charge in [-0.1, -0.05) is 13.8 Å². The fourth-order valence-electron chi connectivity index (χ4n) is 2.26. The van der Waals surface area contributed by atoms with Crippen LogP contribution in [0.1, 0.15) is 27.2 Å². The van der Waals surface area contributed by atoms with Gasteiger partial charge in [0, 0.05) is 12.0 Å². The first kappa shape index (κ1) is 15.9. The topological polar surface area (TPSA) is 80.8 Å². The van der Waals surface area contributed by atoms with Crippen molar-refractivity contribution < 1.29 is 22.7 Å². The van der Waals surface area contributed by atoms with E-state index in [4.69, 9.17) is 0 Å². The molecule has 1 fully saturated rings. The lowest BCUT2D eigenvalue weighted by molar-refractivity contribution is -0.155. The number of ether oxygens (including phenoxy) is 1. The maximum absolute atomic E-state index is 12.2. The number of sulfone groups is 1. The first-order valence-corrected chi connectivity index (χ1v) is 8.12. The monoisotopic (exact) mass is 291 g/mol. The molecule has 0 saturated carbocycles. The standard InChI is InChI=1S/C12H21NO5S/c1-8(2)11(14)13(9(3)12(15)18-4)10-5-6-19(16,17)7-10/h8-10H,5-7H2,1-4H3/t9-,10+/m0/s1. The van der Waals surface area contributed by atoms with Crippen molar-refractivity contribution in [3.63, 3.8) is 0 Å². The molecule has 0 radical (unpaired) electrons. The summed E-state index contributed by atoms with van der Waals surface area (Å²) in [6.07, 6.45) is 0.377. The molecule has 1 aliphatic rings. The first-order valence-electron chi connectivity index (χ1n) is 6.30. The Hall–Kier alpha value is -1.11. The Morgan fingerprint density at radius 1 is 1.26 bits per heavy atom. The van der Waals surface area contributed by atoms with Gasteiger partial charge in [0.2, 0.25) is 5.91 Å². The molecule has 7 heteroatoms. The summed E-state index contributed by atoms with van der Waals surface area (Å²) in [5.41, 5.74) is 0. The smallest absolute Gasteiger partial charge is 0.328 e. The summed E-state index contributed by atoms with van der Waals surface area (Å²) in [7, 11) is -1.86. The summed E-state index contributed by atoms with van der Waals surface area (Å²) in [4.78, 5) is 25.2. The summed E-state index contributed by atoms with van der Waals surface area (Å²) >= 11 is 0. The van der Waals surface area contributed by atoms with E-state index in [2.05, 4.69) is 4.74 Å². The van der Waals surface area contributed by atoms with Gasteiger partial charge in [-0.25, -0.2) is 13.2 Å². The molecule has 0 bridgehead atoms. The van der Waals surface area contributed by atoms with E-state index in [1.54, 1.807) is 20.8 Å². The van der Waals surface area contributed by atoms with Gasteiger partial charge in [-0.15, -0.1) is 0 Å². The van der Waals surface area contributed by atoms with Gasteiger partial charge in [0.25, 0.3) is 0 Å². The van der Waals surface area contributed by atoms with Crippen molar-refractivity contribution in [2.45, 2.75) is 39.3 Å². The average Bonchev–Trinajstić information content (AvgIpc) is 2.68. The third kappa shape index (κ3) is 3.68. The van der Waals surface area contributed by atoms with Crippen LogP contribution in [-0.4, -0.2) is 55.9 Å². The molecular weight excluding hydrogens is 270 g/mol. The molecule has 0 aliphatic carbocycles. The molecule has 1 heterocycles. The molecule has 2 atom stereocenters. The Bertz CT molecular complexity index is 457. The number of amides is 1. The van der Waals surface area contributed by atoms with Crippen LogP contribution < -0.4 is 0 Å². The summed E-state index contributed by atoms with van der Waals surface area (Å²) in [5, 5.41) is 0. The number of carbonyl (C=O) groups excluding carboxylic acids is 2. The zero-order valence-corrected chi connectivity index (χ0v) is 12.6. The van der Waals surface area contributed by atoms with Crippen molar-refractivity contribution in [1.82, 2.24) is 4.90 Å². The SMILES string of the molecule is COC(=O)[C@H](C)N(C(=O)C(C)C)[C@@H]1CCS(=O)(=O)C1. The Morgan fingerprint density at radius 3 is 2.21 bits per heavy atom. The highest BCUT2D eigenvalue weighted by atomic mass is 32.2. The van der Waals surface area contributed by atoms with Crippen molar-refractivity contribution in [2.24, 2.45) is 5.92 Å². The number of hydrogen-bond acceptors (Lipinski definition) is 5. The van der Waals surface area contributed by atoms with Gasteiger partial charge in [-0.2, -0.15) is 0 Å². The lowest BCUT2D eigenvalue weighted by Gasteiger charge is -2.33. The number of hydrogen-bond donors (Lipinski definition) is 0. The lowest BCUT2D eigenvalue weighted by Crippen LogP contribution is -2.51. The van der Waals surface area contributed by atoms with Crippen LogP contribution >= 0.6 is 0 Å². The number of methoxy groups -OCH3 is 1. The molecule has 6 nitrogen and oxygen atoms in total. The highest BCUT2D eigenvalue weighted by molar-refractivity contribution is 7.91. The van der Waals surface area contributed by atoms with Crippen molar-refractivity contribution in [3.8, 4) is 0 Å². The first-order chi connectivity index (χ1) is 8.69. The van der Waals surface area contributed by atoms with Crippen LogP contribution in [0.15, 0.2) is 0 Å². The van der Waals surface area contributed by atoms with Crippen LogP contribution in [0.4, 0.5) is 0 Å². The molecule has 0 unspecified atom stereocenters. The largest absolute Gasteiger partial charge is 0.467 e. The quantitative estimate of drug-likeness (QED) is 0.692. The normalized spacial score (nSPS) is 23.1. The van der Waals surface area contributed by atoms with E-state index in [0.717, 1.165) is 0 Å². The number of rotatable bonds is 4. The van der Waals surface area contributed by atoms with Gasteiger partial charge in [0.1, 0.15) is 6.04 Å². The number of esters is 1. The van der Waals surface area contributed by atoms with E-state index >= 15 is 0 Å². The lowest BCUT2D eigenvalue weighted by atomic mass is 10.1. The highest BCUT2D eigenvalue weighted by Crippen LogP contribution is 2.22. The second kappa shape index (κ2) is 5.90. The summed E-state index contributed by atoms with van der Waals surface area (Å²) in [6, 6.07) is -1.20. The van der Waals surface area contributed by atoms with Gasteiger partial charge in [-0.05, 0) is 13.3 Å². The molecule has 1 saturated heterocycles. The van der Waals surface area contributed by atoms with Crippen molar-refractivity contribution >= 4 is 21.7 Å². The minimum atomic E-state index is -3.11. The fraction of sp³-hybridized carbons (Fsp3) is 0.833. The van der Waals surface area contributed by atoms with E-state index in [-0.39, 0.29) is 23.3 Å². The highest BCUT2D eigenvalue weighted by Gasteiger charge is 2.39. The fourth-order valence-corrected chi connectivity index (χ4v) is 3.98. The third-order valence-electron chi connectivity index (χ3n) is 3.31. The van der Waals surface area contributed by atoms with E-state index < -0.39 is 27.9 Å². The van der Waals surface area contributed by atoms with E-state index in [1.807, 2.05) is 0 Å². The molecular formula is C12H21NO5S. The minimum Gasteiger partial charge on any atom is -0.467 e. The number of nitrogens with zero attached hydrogens (tertiary/aromatic N) is 1. The molecule has 0 spiro atoms. The van der Waals surface area contributed by atoms with Gasteiger partial charge in [0.05, 0.1) is 18.6 Å². The van der Waals surface area contributed by atoms with Gasteiger partial charge in [-0.3, -0.25) is 4.79 Å². The Balaban J connectivity index is 3.00. The van der Waals surface area contributed by atoms with E-state index in [0.29, 0.717) is 6.42 Å². The summed E-state index contributed by atoms with van der Waals surface area (Å²) in [5.74, 6) is -1.06. The van der Waals surface area contributed by atoms with Crippen molar-refractivity contribution in [1.29, 1.82) is 0 Å². The Morgan fingerprint density at radius 2 is 1.84 bits per heavy atom. The molecule has 0 aromatic heterocycles. The predicted molar refractivity (Wildman–Crippen MR) is 70.2 cm³/mol. The van der Waals surface area contributed by atoms with Crippen LogP contribution in [0, 0.1) is 5.92 Å². The molecule has 0 aromatic rings. The molecule has 1 aliphatic heterocycles. The zero-order chi connectivity index (χ0) is 14.8. The Kier molecular flexibility index (Phi) is 4.95. The average molecular weight is 291 g/mol. The summed E-state index contributed by atoms with van der Waals surface area (Å²) in [6.45, 7) is 5.02.